The highest BCUT2D eigenvalue weighted by atomic mass is 19.1. The van der Waals surface area contributed by atoms with E-state index in [0.29, 0.717) is 29.3 Å². The first-order valence-electron chi connectivity index (χ1n) is 15.2. The van der Waals surface area contributed by atoms with Gasteiger partial charge in [-0.05, 0) is 112 Å². The van der Waals surface area contributed by atoms with Gasteiger partial charge in [-0.2, -0.15) is 0 Å². The normalized spacial score (nSPS) is 19.8. The van der Waals surface area contributed by atoms with Crippen LogP contribution in [0.1, 0.15) is 73.2 Å². The second-order valence-corrected chi connectivity index (χ2v) is 13.0. The number of likely N-dealkylation sites (N-methyl/N-ethyl adjacent to an activating group) is 1. The Bertz CT molecular complexity index is 1610. The number of fused-ring (bicyclic) bond motifs is 1. The average molecular weight is 615 g/mol. The lowest BCUT2D eigenvalue weighted by Crippen LogP contribution is -2.45. The van der Waals surface area contributed by atoms with Crippen LogP contribution in [-0.4, -0.2) is 59.3 Å². The third-order valence-corrected chi connectivity index (χ3v) is 8.51. The fourth-order valence-electron chi connectivity index (χ4n) is 5.68. The summed E-state index contributed by atoms with van der Waals surface area (Å²) in [6, 6.07) is 12.2. The number of halogens is 1. The molecule has 2 heterocycles. The fourth-order valence-corrected chi connectivity index (χ4v) is 5.68. The van der Waals surface area contributed by atoms with Crippen molar-refractivity contribution in [1.29, 1.82) is 0 Å². The Morgan fingerprint density at radius 2 is 1.73 bits per heavy atom. The minimum Gasteiger partial charge on any atom is -0.462 e. The van der Waals surface area contributed by atoms with Crippen molar-refractivity contribution in [2.75, 3.05) is 18.5 Å². The van der Waals surface area contributed by atoms with E-state index in [0.717, 1.165) is 36.5 Å². The van der Waals surface area contributed by atoms with Crippen LogP contribution >= 0.6 is 0 Å². The van der Waals surface area contributed by atoms with Crippen LogP contribution in [-0.2, 0) is 20.9 Å². The van der Waals surface area contributed by atoms with Crippen LogP contribution in [0.15, 0.2) is 60.9 Å². The number of ether oxygens (including phenoxy) is 1. The number of amides is 3. The Hall–Kier alpha value is -4.60. The molecule has 1 aromatic heterocycles. The maximum Gasteiger partial charge on any atom is 0.311 e. The Morgan fingerprint density at radius 1 is 1.02 bits per heavy atom. The van der Waals surface area contributed by atoms with Crippen molar-refractivity contribution in [1.82, 2.24) is 15.2 Å². The van der Waals surface area contributed by atoms with Crippen molar-refractivity contribution in [3.05, 3.63) is 83.4 Å². The number of rotatable bonds is 8. The Kier molecular flexibility index (Phi) is 9.04. The molecular weight excluding hydrogens is 575 g/mol. The molecule has 1 saturated carbocycles. The van der Waals surface area contributed by atoms with Crippen LogP contribution in [0.5, 0.6) is 0 Å². The van der Waals surface area contributed by atoms with Crippen LogP contribution in [0, 0.1) is 17.2 Å². The van der Waals surface area contributed by atoms with Crippen molar-refractivity contribution in [2.24, 2.45) is 11.3 Å². The molecule has 0 unspecified atom stereocenters. The molecule has 3 amide bonds. The van der Waals surface area contributed by atoms with Crippen molar-refractivity contribution >= 4 is 29.4 Å². The Labute approximate surface area is 262 Å². The minimum absolute atomic E-state index is 0.0556. The second-order valence-electron chi connectivity index (χ2n) is 13.0. The predicted molar refractivity (Wildman–Crippen MR) is 168 cm³/mol. The summed E-state index contributed by atoms with van der Waals surface area (Å²) in [5.74, 6) is -1.56. The van der Waals surface area contributed by atoms with Gasteiger partial charge in [-0.1, -0.05) is 6.07 Å². The van der Waals surface area contributed by atoms with E-state index in [2.05, 4.69) is 10.3 Å². The lowest BCUT2D eigenvalue weighted by atomic mass is 9.80. The van der Waals surface area contributed by atoms with Gasteiger partial charge in [-0.25, -0.2) is 4.39 Å². The van der Waals surface area contributed by atoms with E-state index in [-0.39, 0.29) is 36.0 Å². The van der Waals surface area contributed by atoms with Crippen molar-refractivity contribution in [2.45, 2.75) is 65.6 Å². The molecule has 1 N–H and O–H groups in total. The summed E-state index contributed by atoms with van der Waals surface area (Å²) >= 11 is 0. The topological polar surface area (TPSA) is 109 Å². The van der Waals surface area contributed by atoms with Crippen LogP contribution in [0.25, 0.3) is 11.1 Å². The number of pyridine rings is 1. The number of nitrogens with one attached hydrogen (secondary N) is 1. The third kappa shape index (κ3) is 7.05. The van der Waals surface area contributed by atoms with E-state index >= 15 is 0 Å². The summed E-state index contributed by atoms with van der Waals surface area (Å²) in [5.41, 5.74) is 2.58. The molecule has 2 aromatic carbocycles. The van der Waals surface area contributed by atoms with Crippen LogP contribution < -0.4 is 10.2 Å². The standard InChI is InChI=1S/C35H39FN4O5/c1-21-32(42)39(5)30-19-25(24-9-11-37-12-10-24)6-7-29(30)33(43)40(21)20-23-14-26(18-27(36)15-23)31(41)38-13-8-22-16-28(17-22)45-34(44)35(2,3)4/h6-7,9-12,14-15,18-19,21-22,28H,8,13,16-17,20H2,1-5H3,(H,38,41)/t21-,22-,28-/m1/s1. The first-order valence-corrected chi connectivity index (χ1v) is 15.2. The van der Waals surface area contributed by atoms with Crippen molar-refractivity contribution in [3.8, 4) is 11.1 Å². The van der Waals surface area contributed by atoms with E-state index in [1.165, 1.54) is 15.9 Å². The molecule has 5 rings (SSSR count). The summed E-state index contributed by atoms with van der Waals surface area (Å²) in [6.45, 7) is 7.46. The maximum absolute atomic E-state index is 14.7. The van der Waals surface area contributed by atoms with Crippen LogP contribution in [0.4, 0.5) is 10.1 Å². The number of aromatic nitrogens is 1. The van der Waals surface area contributed by atoms with Gasteiger partial charge >= 0.3 is 5.97 Å². The smallest absolute Gasteiger partial charge is 0.311 e. The molecule has 1 aliphatic carbocycles. The first-order chi connectivity index (χ1) is 21.3. The first kappa shape index (κ1) is 31.8. The molecule has 0 bridgehead atoms. The molecule has 0 saturated heterocycles. The number of hydrogen-bond donors (Lipinski definition) is 1. The predicted octanol–water partition coefficient (Wildman–Crippen LogP) is 5.38. The van der Waals surface area contributed by atoms with E-state index in [1.807, 2.05) is 45.0 Å². The molecule has 9 nitrogen and oxygen atoms in total. The fraction of sp³-hybridized carbons (Fsp3) is 0.400. The lowest BCUT2D eigenvalue weighted by molar-refractivity contribution is -0.165. The number of esters is 1. The van der Waals surface area contributed by atoms with Gasteiger partial charge in [-0.3, -0.25) is 24.2 Å². The quantitative estimate of drug-likeness (QED) is 0.341. The van der Waals surface area contributed by atoms with Crippen LogP contribution in [0.3, 0.4) is 0 Å². The number of hydrogen-bond acceptors (Lipinski definition) is 6. The molecule has 10 heteroatoms. The molecule has 0 radical (unpaired) electrons. The molecule has 45 heavy (non-hydrogen) atoms. The molecule has 236 valence electrons. The highest BCUT2D eigenvalue weighted by molar-refractivity contribution is 6.11. The van der Waals surface area contributed by atoms with Crippen molar-refractivity contribution < 1.29 is 28.3 Å². The lowest BCUT2D eigenvalue weighted by Gasteiger charge is -2.36. The minimum atomic E-state index is -0.825. The number of anilines is 1. The van der Waals surface area contributed by atoms with Gasteiger partial charge in [0.1, 0.15) is 18.0 Å². The van der Waals surface area contributed by atoms with Gasteiger partial charge in [0.2, 0.25) is 5.91 Å². The zero-order valence-electron chi connectivity index (χ0n) is 26.3. The van der Waals surface area contributed by atoms with Gasteiger partial charge in [-0.15, -0.1) is 0 Å². The summed E-state index contributed by atoms with van der Waals surface area (Å²) in [4.78, 5) is 59.2. The Morgan fingerprint density at radius 3 is 2.42 bits per heavy atom. The third-order valence-electron chi connectivity index (χ3n) is 8.51. The van der Waals surface area contributed by atoms with Gasteiger partial charge in [0.05, 0.1) is 16.7 Å². The van der Waals surface area contributed by atoms with Crippen LogP contribution in [0.2, 0.25) is 0 Å². The monoisotopic (exact) mass is 614 g/mol. The van der Waals surface area contributed by atoms with E-state index in [4.69, 9.17) is 4.74 Å². The molecule has 0 spiro atoms. The highest BCUT2D eigenvalue weighted by Gasteiger charge is 2.37. The average Bonchev–Trinajstić information content (AvgIpc) is 3.05. The molecular formula is C35H39FN4O5. The molecule has 2 aliphatic rings. The van der Waals surface area contributed by atoms with Gasteiger partial charge < -0.3 is 19.9 Å². The molecule has 1 atom stereocenters. The molecule has 1 aliphatic heterocycles. The summed E-state index contributed by atoms with van der Waals surface area (Å²) in [5, 5.41) is 2.85. The number of carbonyl (C=O) groups excluding carboxylic acids is 4. The van der Waals surface area contributed by atoms with Gasteiger partial charge in [0, 0.05) is 38.1 Å². The number of nitrogens with zero attached hydrogens (tertiary/aromatic N) is 3. The number of carbonyl (C=O) groups is 4. The van der Waals surface area contributed by atoms with Gasteiger partial charge in [0.15, 0.2) is 0 Å². The van der Waals surface area contributed by atoms with E-state index in [9.17, 15) is 23.6 Å². The maximum atomic E-state index is 14.7. The summed E-state index contributed by atoms with van der Waals surface area (Å²) in [7, 11) is 1.64. The zero-order valence-corrected chi connectivity index (χ0v) is 26.3. The number of benzene rings is 2. The van der Waals surface area contributed by atoms with E-state index in [1.54, 1.807) is 38.5 Å². The van der Waals surface area contributed by atoms with E-state index < -0.39 is 23.2 Å². The second kappa shape index (κ2) is 12.8. The molecule has 3 aromatic rings. The van der Waals surface area contributed by atoms with Gasteiger partial charge in [0.25, 0.3) is 11.8 Å². The largest absolute Gasteiger partial charge is 0.462 e. The van der Waals surface area contributed by atoms with Crippen molar-refractivity contribution in [3.63, 3.8) is 0 Å². The summed E-state index contributed by atoms with van der Waals surface area (Å²) in [6.07, 6.45) is 5.49. The SMILES string of the molecule is C[C@@H]1C(=O)N(C)c2cc(-c3ccncc3)ccc2C(=O)N1Cc1cc(F)cc(C(=O)NCC[C@H]2C[C@H](OC(=O)C(C)(C)C)C2)c1. The molecule has 1 fully saturated rings. The summed E-state index contributed by atoms with van der Waals surface area (Å²) < 4.78 is 20.3. The Balaban J connectivity index is 1.24. The highest BCUT2D eigenvalue weighted by Crippen LogP contribution is 2.35. The zero-order chi connectivity index (χ0) is 32.5.